The van der Waals surface area contributed by atoms with Crippen LogP contribution in [0.4, 0.5) is 9.59 Å². The van der Waals surface area contributed by atoms with Crippen LogP contribution in [-0.2, 0) is 30.3 Å². The molecule has 5 atom stereocenters. The maximum atomic E-state index is 13.6. The van der Waals surface area contributed by atoms with Gasteiger partial charge in [0.15, 0.2) is 0 Å². The number of methoxy groups -OCH3 is 2. The summed E-state index contributed by atoms with van der Waals surface area (Å²) in [5.74, 6) is -0.155. The molecule has 0 saturated carbocycles. The second-order valence-electron chi connectivity index (χ2n) is 15.4. The molecular formula is C41H53N7O7. The third kappa shape index (κ3) is 8.47. The fourth-order valence-corrected chi connectivity index (χ4v) is 8.08. The Morgan fingerprint density at radius 1 is 0.764 bits per heavy atom. The van der Waals surface area contributed by atoms with Gasteiger partial charge in [-0.25, -0.2) is 14.6 Å². The van der Waals surface area contributed by atoms with Crippen molar-refractivity contribution in [3.8, 4) is 22.4 Å². The summed E-state index contributed by atoms with van der Waals surface area (Å²) in [6.45, 7) is 8.55. The molecule has 4 N–H and O–H groups in total. The van der Waals surface area contributed by atoms with Gasteiger partial charge in [-0.05, 0) is 78.2 Å². The number of aromatic amines is 1. The molecule has 2 fully saturated rings. The van der Waals surface area contributed by atoms with Gasteiger partial charge in [0.2, 0.25) is 17.7 Å². The highest BCUT2D eigenvalue weighted by molar-refractivity contribution is 5.92. The third-order valence-electron chi connectivity index (χ3n) is 11.1. The fraction of sp³-hybridized carbons (Fsp3) is 0.512. The average Bonchev–Trinajstić information content (AvgIpc) is 4.02. The molecule has 1 aliphatic carbocycles. The van der Waals surface area contributed by atoms with E-state index in [0.29, 0.717) is 31.8 Å². The predicted octanol–water partition coefficient (Wildman–Crippen LogP) is 5.26. The lowest BCUT2D eigenvalue weighted by atomic mass is 9.98. The standard InChI is InChI=1S/C41H53N7O7/c1-23(2)34(45-40(52)54-5)38(50)47-19-7-9-32(47)36-42-22-31(43-36)26-13-11-25(12-14-26)27-15-17-29-28(21-27)16-18-30(29)44-37(49)33-10-8-20-48(33)39(51)35(24(3)4)46-41(53)55-6/h11-15,17,21-24,30,32-35H,7-10,16,18-20H2,1-6H3,(H,42,43)(H,44,49)(H,45,52)(H,46,53)/t30-,32-,33-,34?,35-/m0/s1. The summed E-state index contributed by atoms with van der Waals surface area (Å²) in [4.78, 5) is 76.0. The van der Waals surface area contributed by atoms with Crippen LogP contribution >= 0.6 is 0 Å². The van der Waals surface area contributed by atoms with Gasteiger partial charge in [-0.2, -0.15) is 0 Å². The van der Waals surface area contributed by atoms with Crippen LogP contribution in [0.15, 0.2) is 48.7 Å². The van der Waals surface area contributed by atoms with Crippen molar-refractivity contribution in [1.29, 1.82) is 0 Å². The number of imidazole rings is 1. The number of hydrogen-bond donors (Lipinski definition) is 4. The summed E-state index contributed by atoms with van der Waals surface area (Å²) in [6.07, 6.45) is 5.00. The molecule has 0 bridgehead atoms. The van der Waals surface area contributed by atoms with Crippen molar-refractivity contribution in [2.24, 2.45) is 11.8 Å². The van der Waals surface area contributed by atoms with Crippen LogP contribution in [0.2, 0.25) is 0 Å². The highest BCUT2D eigenvalue weighted by Crippen LogP contribution is 2.36. The number of nitrogens with zero attached hydrogens (tertiary/aromatic N) is 3. The van der Waals surface area contributed by atoms with E-state index < -0.39 is 30.3 Å². The first-order valence-electron chi connectivity index (χ1n) is 19.3. The van der Waals surface area contributed by atoms with Gasteiger partial charge in [0, 0.05) is 13.1 Å². The second kappa shape index (κ2) is 17.0. The Labute approximate surface area is 322 Å². The maximum absolute atomic E-state index is 13.6. The Morgan fingerprint density at radius 3 is 1.98 bits per heavy atom. The minimum Gasteiger partial charge on any atom is -0.453 e. The van der Waals surface area contributed by atoms with Crippen LogP contribution in [0, 0.1) is 11.8 Å². The molecule has 2 aromatic carbocycles. The molecule has 0 radical (unpaired) electrons. The van der Waals surface area contributed by atoms with E-state index in [1.165, 1.54) is 19.8 Å². The summed E-state index contributed by atoms with van der Waals surface area (Å²) in [5.41, 5.74) is 6.22. The quantitative estimate of drug-likeness (QED) is 0.205. The molecule has 14 nitrogen and oxygen atoms in total. The SMILES string of the molecule is COC(=O)NC(C(=O)N1CCC[C@H]1c1ncc(-c2ccc(-c3ccc4c(c3)CC[C@@H]4NC(=O)[C@@H]3CCCN3C(=O)[C@@H](NC(=O)OC)C(C)C)cc2)[nH]1)C(C)C. The van der Waals surface area contributed by atoms with Crippen molar-refractivity contribution in [1.82, 2.24) is 35.7 Å². The van der Waals surface area contributed by atoms with Gasteiger partial charge in [0.1, 0.15) is 23.9 Å². The van der Waals surface area contributed by atoms with E-state index >= 15 is 0 Å². The van der Waals surface area contributed by atoms with Crippen molar-refractivity contribution in [3.63, 3.8) is 0 Å². The molecule has 3 heterocycles. The molecule has 6 rings (SSSR count). The Balaban J connectivity index is 1.09. The van der Waals surface area contributed by atoms with E-state index in [-0.39, 0.29) is 41.6 Å². The van der Waals surface area contributed by atoms with Crippen LogP contribution in [0.1, 0.15) is 88.8 Å². The summed E-state index contributed by atoms with van der Waals surface area (Å²) in [5, 5.41) is 8.54. The van der Waals surface area contributed by atoms with Crippen LogP contribution in [-0.4, -0.2) is 95.1 Å². The van der Waals surface area contributed by atoms with Gasteiger partial charge in [0.25, 0.3) is 0 Å². The number of carbonyl (C=O) groups excluding carboxylic acids is 5. The number of carbonyl (C=O) groups is 5. The minimum absolute atomic E-state index is 0.110. The number of rotatable bonds is 11. The van der Waals surface area contributed by atoms with E-state index in [1.54, 1.807) is 16.0 Å². The van der Waals surface area contributed by atoms with Gasteiger partial charge in [0.05, 0.1) is 38.2 Å². The summed E-state index contributed by atoms with van der Waals surface area (Å²) >= 11 is 0. The lowest BCUT2D eigenvalue weighted by Gasteiger charge is -2.30. The van der Waals surface area contributed by atoms with Crippen molar-refractivity contribution >= 4 is 29.9 Å². The number of H-pyrrole nitrogens is 1. The Morgan fingerprint density at radius 2 is 1.35 bits per heavy atom. The normalized spacial score (nSPS) is 20.3. The number of aryl methyl sites for hydroxylation is 1. The molecule has 55 heavy (non-hydrogen) atoms. The summed E-state index contributed by atoms with van der Waals surface area (Å²) < 4.78 is 9.47. The van der Waals surface area contributed by atoms with Crippen molar-refractivity contribution in [2.45, 2.75) is 96.4 Å². The monoisotopic (exact) mass is 755 g/mol. The molecule has 0 spiro atoms. The van der Waals surface area contributed by atoms with Crippen LogP contribution in [0.3, 0.4) is 0 Å². The maximum Gasteiger partial charge on any atom is 0.407 e. The van der Waals surface area contributed by atoms with Gasteiger partial charge >= 0.3 is 12.2 Å². The molecule has 294 valence electrons. The summed E-state index contributed by atoms with van der Waals surface area (Å²) in [6, 6.07) is 12.2. The molecular weight excluding hydrogens is 702 g/mol. The topological polar surface area (TPSA) is 175 Å². The number of hydrogen-bond acceptors (Lipinski definition) is 8. The molecule has 1 unspecified atom stereocenters. The van der Waals surface area contributed by atoms with Crippen LogP contribution < -0.4 is 16.0 Å². The third-order valence-corrected chi connectivity index (χ3v) is 11.1. The minimum atomic E-state index is -0.778. The Bertz CT molecular complexity index is 1890. The number of aromatic nitrogens is 2. The average molecular weight is 756 g/mol. The number of fused-ring (bicyclic) bond motifs is 1. The smallest absolute Gasteiger partial charge is 0.407 e. The van der Waals surface area contributed by atoms with Crippen molar-refractivity contribution in [2.75, 3.05) is 27.3 Å². The van der Waals surface area contributed by atoms with E-state index in [0.717, 1.165) is 53.6 Å². The highest BCUT2D eigenvalue weighted by atomic mass is 16.5. The molecule has 5 amide bonds. The number of amides is 5. The molecule has 1 aromatic heterocycles. The van der Waals surface area contributed by atoms with E-state index in [4.69, 9.17) is 9.47 Å². The van der Waals surface area contributed by atoms with Gasteiger partial charge in [-0.15, -0.1) is 0 Å². The number of benzene rings is 2. The molecule has 3 aromatic rings. The van der Waals surface area contributed by atoms with E-state index in [9.17, 15) is 24.0 Å². The first-order chi connectivity index (χ1) is 26.4. The zero-order valence-corrected chi connectivity index (χ0v) is 32.5. The van der Waals surface area contributed by atoms with Crippen LogP contribution in [0.5, 0.6) is 0 Å². The number of ether oxygens (including phenoxy) is 2. The largest absolute Gasteiger partial charge is 0.453 e. The number of alkyl carbamates (subject to hydrolysis) is 2. The fourth-order valence-electron chi connectivity index (χ4n) is 8.08. The van der Waals surface area contributed by atoms with Crippen molar-refractivity contribution in [3.05, 3.63) is 65.6 Å². The van der Waals surface area contributed by atoms with Gasteiger partial charge < -0.3 is 40.2 Å². The molecule has 14 heteroatoms. The lowest BCUT2D eigenvalue weighted by Crippen LogP contribution is -2.55. The first kappa shape index (κ1) is 39.3. The van der Waals surface area contributed by atoms with E-state index in [1.807, 2.05) is 27.7 Å². The Kier molecular flexibility index (Phi) is 12.1. The van der Waals surface area contributed by atoms with Gasteiger partial charge in [-0.3, -0.25) is 14.4 Å². The molecule has 3 aliphatic rings. The zero-order chi connectivity index (χ0) is 39.4. The number of nitrogens with one attached hydrogen (secondary N) is 4. The van der Waals surface area contributed by atoms with Crippen molar-refractivity contribution < 1.29 is 33.4 Å². The molecule has 2 aliphatic heterocycles. The Hall–Kier alpha value is -5.40. The van der Waals surface area contributed by atoms with E-state index in [2.05, 4.69) is 68.4 Å². The first-order valence-corrected chi connectivity index (χ1v) is 19.3. The van der Waals surface area contributed by atoms with Gasteiger partial charge in [-0.1, -0.05) is 70.2 Å². The lowest BCUT2D eigenvalue weighted by molar-refractivity contribution is -0.141. The predicted molar refractivity (Wildman–Crippen MR) is 205 cm³/mol. The summed E-state index contributed by atoms with van der Waals surface area (Å²) in [7, 11) is 2.54. The highest BCUT2D eigenvalue weighted by Gasteiger charge is 2.40. The molecule has 2 saturated heterocycles. The second-order valence-corrected chi connectivity index (χ2v) is 15.4. The van der Waals surface area contributed by atoms with Crippen LogP contribution in [0.25, 0.3) is 22.4 Å². The zero-order valence-electron chi connectivity index (χ0n) is 32.5. The number of likely N-dealkylation sites (tertiary alicyclic amines) is 2.